The number of fused-ring (bicyclic) bond motifs is 1. The van der Waals surface area contributed by atoms with Crippen molar-refractivity contribution in [3.05, 3.63) is 54.1 Å². The highest BCUT2D eigenvalue weighted by Crippen LogP contribution is 2.27. The molecule has 0 saturated heterocycles. The molecule has 1 amide bonds. The summed E-state index contributed by atoms with van der Waals surface area (Å²) in [7, 11) is -3.23. The number of amides is 1. The third-order valence-electron chi connectivity index (χ3n) is 3.80. The van der Waals surface area contributed by atoms with E-state index in [-0.39, 0.29) is 17.4 Å². The first-order chi connectivity index (χ1) is 10.9. The Bertz CT molecular complexity index is 828. The lowest BCUT2D eigenvalue weighted by molar-refractivity contribution is -0.120. The number of para-hydroxylation sites is 1. The summed E-state index contributed by atoms with van der Waals surface area (Å²) in [6, 6.07) is 13.9. The normalized spacial score (nSPS) is 13.7. The number of ether oxygens (including phenoxy) is 1. The molecule has 1 heterocycles. The number of nitrogens with zero attached hydrogens (tertiary/aromatic N) is 1. The third kappa shape index (κ3) is 3.37. The highest BCUT2D eigenvalue weighted by atomic mass is 32.2. The van der Waals surface area contributed by atoms with Crippen LogP contribution in [0.15, 0.2) is 53.4 Å². The lowest BCUT2D eigenvalue weighted by Gasteiger charge is -2.17. The van der Waals surface area contributed by atoms with Crippen molar-refractivity contribution in [3.63, 3.8) is 0 Å². The van der Waals surface area contributed by atoms with E-state index < -0.39 is 9.84 Å². The van der Waals surface area contributed by atoms with Crippen LogP contribution in [0, 0.1) is 0 Å². The summed E-state index contributed by atoms with van der Waals surface area (Å²) >= 11 is 0. The summed E-state index contributed by atoms with van der Waals surface area (Å²) in [6.45, 7) is 0.584. The van der Waals surface area contributed by atoms with Crippen molar-refractivity contribution in [2.75, 3.05) is 24.3 Å². The van der Waals surface area contributed by atoms with Crippen LogP contribution < -0.4 is 9.64 Å². The number of carbonyl (C=O) groups is 1. The standard InChI is InChI=1S/C17H17NO4S/c1-23(20,21)15-8-6-14(7-9-15)22-12-17(19)18-11-10-13-4-2-3-5-16(13)18/h2-9H,10-12H2,1H3. The van der Waals surface area contributed by atoms with Crippen molar-refractivity contribution in [1.29, 1.82) is 0 Å². The maximum absolute atomic E-state index is 12.3. The molecule has 0 saturated carbocycles. The first-order valence-electron chi connectivity index (χ1n) is 7.26. The predicted molar refractivity (Wildman–Crippen MR) is 87.5 cm³/mol. The van der Waals surface area contributed by atoms with E-state index in [0.717, 1.165) is 18.4 Å². The molecule has 1 aliphatic rings. The smallest absolute Gasteiger partial charge is 0.264 e. The molecule has 3 rings (SSSR count). The van der Waals surface area contributed by atoms with Crippen LogP contribution in [0.3, 0.4) is 0 Å². The van der Waals surface area contributed by atoms with Crippen LogP contribution in [-0.4, -0.2) is 33.7 Å². The number of benzene rings is 2. The van der Waals surface area contributed by atoms with Gasteiger partial charge >= 0.3 is 0 Å². The maximum Gasteiger partial charge on any atom is 0.264 e. The molecule has 0 N–H and O–H groups in total. The molecule has 6 heteroatoms. The zero-order chi connectivity index (χ0) is 16.4. The Morgan fingerprint density at radius 2 is 1.83 bits per heavy atom. The fraction of sp³-hybridized carbons (Fsp3) is 0.235. The molecular weight excluding hydrogens is 314 g/mol. The molecule has 0 fully saturated rings. The summed E-state index contributed by atoms with van der Waals surface area (Å²) in [5.74, 6) is 0.361. The number of rotatable bonds is 4. The third-order valence-corrected chi connectivity index (χ3v) is 4.93. The van der Waals surface area contributed by atoms with Crippen molar-refractivity contribution < 1.29 is 17.9 Å². The van der Waals surface area contributed by atoms with E-state index in [4.69, 9.17) is 4.74 Å². The molecule has 0 unspecified atom stereocenters. The van der Waals surface area contributed by atoms with Gasteiger partial charge in [0.05, 0.1) is 4.90 Å². The number of anilines is 1. The molecule has 0 spiro atoms. The van der Waals surface area contributed by atoms with Gasteiger partial charge in [0.2, 0.25) is 0 Å². The van der Waals surface area contributed by atoms with Crippen molar-refractivity contribution in [2.24, 2.45) is 0 Å². The van der Waals surface area contributed by atoms with Crippen molar-refractivity contribution in [2.45, 2.75) is 11.3 Å². The Hall–Kier alpha value is -2.34. The molecular formula is C17H17NO4S. The molecule has 1 aliphatic heterocycles. The van der Waals surface area contributed by atoms with Crippen LogP contribution in [0.5, 0.6) is 5.75 Å². The van der Waals surface area contributed by atoms with Crippen LogP contribution in [0.4, 0.5) is 5.69 Å². The second-order valence-electron chi connectivity index (χ2n) is 5.46. The highest BCUT2D eigenvalue weighted by Gasteiger charge is 2.24. The van der Waals surface area contributed by atoms with Crippen molar-refractivity contribution in [3.8, 4) is 5.75 Å². The van der Waals surface area contributed by atoms with Crippen LogP contribution >= 0.6 is 0 Å². The van der Waals surface area contributed by atoms with Crippen molar-refractivity contribution in [1.82, 2.24) is 0 Å². The summed E-state index contributed by atoms with van der Waals surface area (Å²) in [5, 5.41) is 0. The van der Waals surface area contributed by atoms with Gasteiger partial charge in [-0.15, -0.1) is 0 Å². The van der Waals surface area contributed by atoms with Crippen molar-refractivity contribution >= 4 is 21.4 Å². The zero-order valence-corrected chi connectivity index (χ0v) is 13.5. The lowest BCUT2D eigenvalue weighted by Crippen LogP contribution is -2.33. The molecule has 0 atom stereocenters. The summed E-state index contributed by atoms with van der Waals surface area (Å²) in [5.41, 5.74) is 2.10. The fourth-order valence-corrected chi connectivity index (χ4v) is 3.23. The van der Waals surface area contributed by atoms with Gasteiger partial charge in [0.25, 0.3) is 5.91 Å². The zero-order valence-electron chi connectivity index (χ0n) is 12.7. The number of sulfone groups is 1. The minimum absolute atomic E-state index is 0.0768. The first-order valence-corrected chi connectivity index (χ1v) is 9.15. The largest absolute Gasteiger partial charge is 0.484 e. The summed E-state index contributed by atoms with van der Waals surface area (Å²) < 4.78 is 28.3. The second kappa shape index (κ2) is 6.04. The van der Waals surface area contributed by atoms with Gasteiger partial charge < -0.3 is 9.64 Å². The molecule has 5 nitrogen and oxygen atoms in total. The minimum atomic E-state index is -3.23. The molecule has 0 bridgehead atoms. The number of hydrogen-bond acceptors (Lipinski definition) is 4. The van der Waals surface area contributed by atoms with E-state index in [1.54, 1.807) is 17.0 Å². The van der Waals surface area contributed by atoms with Crippen LogP contribution in [0.25, 0.3) is 0 Å². The van der Waals surface area contributed by atoms with E-state index in [1.807, 2.05) is 24.3 Å². The van der Waals surface area contributed by atoms with E-state index in [0.29, 0.717) is 12.3 Å². The van der Waals surface area contributed by atoms with Crippen LogP contribution in [-0.2, 0) is 21.1 Å². The van der Waals surface area contributed by atoms with Gasteiger partial charge in [0.15, 0.2) is 16.4 Å². The topological polar surface area (TPSA) is 63.7 Å². The molecule has 120 valence electrons. The first kappa shape index (κ1) is 15.6. The van der Waals surface area contributed by atoms with Gasteiger partial charge in [0.1, 0.15) is 5.75 Å². The lowest BCUT2D eigenvalue weighted by atomic mass is 10.2. The summed E-state index contributed by atoms with van der Waals surface area (Å²) in [6.07, 6.45) is 2.00. The predicted octanol–water partition coefficient (Wildman–Crippen LogP) is 2.06. The second-order valence-corrected chi connectivity index (χ2v) is 7.47. The Balaban J connectivity index is 1.64. The molecule has 2 aromatic carbocycles. The number of carbonyl (C=O) groups excluding carboxylic acids is 1. The number of hydrogen-bond donors (Lipinski definition) is 0. The Kier molecular flexibility index (Phi) is 4.09. The molecule has 0 aromatic heterocycles. The minimum Gasteiger partial charge on any atom is -0.484 e. The van der Waals surface area contributed by atoms with E-state index in [2.05, 4.69) is 0 Å². The van der Waals surface area contributed by atoms with Crippen LogP contribution in [0.1, 0.15) is 5.56 Å². The van der Waals surface area contributed by atoms with E-state index in [9.17, 15) is 13.2 Å². The maximum atomic E-state index is 12.3. The van der Waals surface area contributed by atoms with Gasteiger partial charge in [-0.25, -0.2) is 8.42 Å². The van der Waals surface area contributed by atoms with Gasteiger partial charge in [-0.2, -0.15) is 0 Å². The van der Waals surface area contributed by atoms with Gasteiger partial charge in [-0.1, -0.05) is 18.2 Å². The van der Waals surface area contributed by atoms with Crippen LogP contribution in [0.2, 0.25) is 0 Å². The van der Waals surface area contributed by atoms with E-state index >= 15 is 0 Å². The monoisotopic (exact) mass is 331 g/mol. The molecule has 2 aromatic rings. The molecule has 23 heavy (non-hydrogen) atoms. The molecule has 0 aliphatic carbocycles. The SMILES string of the molecule is CS(=O)(=O)c1ccc(OCC(=O)N2CCc3ccccc32)cc1. The van der Waals surface area contributed by atoms with Gasteiger partial charge in [0, 0.05) is 18.5 Å². The highest BCUT2D eigenvalue weighted by molar-refractivity contribution is 7.90. The average molecular weight is 331 g/mol. The Morgan fingerprint density at radius 1 is 1.13 bits per heavy atom. The Morgan fingerprint density at radius 3 is 2.52 bits per heavy atom. The van der Waals surface area contributed by atoms with E-state index in [1.165, 1.54) is 17.7 Å². The quantitative estimate of drug-likeness (QED) is 0.860. The average Bonchev–Trinajstić information content (AvgIpc) is 2.96. The summed E-state index contributed by atoms with van der Waals surface area (Å²) in [4.78, 5) is 14.3. The molecule has 0 radical (unpaired) electrons. The van der Waals surface area contributed by atoms with Gasteiger partial charge in [-0.05, 0) is 42.3 Å². The van der Waals surface area contributed by atoms with Gasteiger partial charge in [-0.3, -0.25) is 4.79 Å². The fourth-order valence-electron chi connectivity index (χ4n) is 2.60. The Labute approximate surface area is 135 Å².